The third kappa shape index (κ3) is 5.52. The molecule has 1 atom stereocenters. The second kappa shape index (κ2) is 8.17. The Kier molecular flexibility index (Phi) is 6.17. The molecule has 2 N–H and O–H groups in total. The zero-order chi connectivity index (χ0) is 20.2. The summed E-state index contributed by atoms with van der Waals surface area (Å²) in [6, 6.07) is 10.1. The van der Waals surface area contributed by atoms with Gasteiger partial charge in [0.1, 0.15) is 11.9 Å². The van der Waals surface area contributed by atoms with Gasteiger partial charge in [-0.2, -0.15) is 0 Å². The molecule has 0 bridgehead atoms. The van der Waals surface area contributed by atoms with Crippen LogP contribution >= 0.6 is 0 Å². The Balaban J connectivity index is 2.19. The lowest BCUT2D eigenvalue weighted by Gasteiger charge is -2.28. The number of nitrogens with one attached hydrogen (secondary N) is 2. The van der Waals surface area contributed by atoms with Crippen LogP contribution in [-0.4, -0.2) is 32.5 Å². The van der Waals surface area contributed by atoms with Gasteiger partial charge in [0.05, 0.1) is 11.9 Å². The van der Waals surface area contributed by atoms with E-state index < -0.39 is 27.8 Å². The van der Waals surface area contributed by atoms with Crippen LogP contribution in [0.2, 0.25) is 0 Å². The van der Waals surface area contributed by atoms with Gasteiger partial charge < -0.3 is 10.6 Å². The van der Waals surface area contributed by atoms with Crippen LogP contribution in [0.5, 0.6) is 0 Å². The van der Waals surface area contributed by atoms with Crippen LogP contribution in [0.25, 0.3) is 0 Å². The molecular weight excluding hydrogens is 373 g/mol. The number of benzene rings is 2. The lowest BCUT2D eigenvalue weighted by Crippen LogP contribution is -2.45. The quantitative estimate of drug-likeness (QED) is 0.788. The van der Waals surface area contributed by atoms with Gasteiger partial charge in [0.2, 0.25) is 21.8 Å². The first-order chi connectivity index (χ1) is 12.6. The van der Waals surface area contributed by atoms with Crippen molar-refractivity contribution in [2.24, 2.45) is 0 Å². The molecule has 0 radical (unpaired) electrons. The second-order valence-electron chi connectivity index (χ2n) is 5.96. The monoisotopic (exact) mass is 393 g/mol. The number of amides is 2. The highest BCUT2D eigenvalue weighted by Crippen LogP contribution is 2.22. The van der Waals surface area contributed by atoms with Crippen LogP contribution < -0.4 is 14.9 Å². The molecule has 2 aromatic carbocycles. The SMILES string of the molecule is CC(=O)Nc1ccc(NC(=O)[C@@H](C)N(c2ccc(F)cc2)S(C)(=O)=O)cc1. The predicted molar refractivity (Wildman–Crippen MR) is 103 cm³/mol. The van der Waals surface area contributed by atoms with Crippen molar-refractivity contribution in [1.82, 2.24) is 0 Å². The summed E-state index contributed by atoms with van der Waals surface area (Å²) in [5.41, 5.74) is 1.19. The van der Waals surface area contributed by atoms with E-state index in [2.05, 4.69) is 10.6 Å². The predicted octanol–water partition coefficient (Wildman–Crippen LogP) is 2.58. The van der Waals surface area contributed by atoms with E-state index in [-0.39, 0.29) is 11.6 Å². The fourth-order valence-electron chi connectivity index (χ4n) is 2.48. The van der Waals surface area contributed by atoms with Gasteiger partial charge in [-0.15, -0.1) is 0 Å². The maximum Gasteiger partial charge on any atom is 0.247 e. The average Bonchev–Trinajstić information content (AvgIpc) is 2.57. The number of rotatable bonds is 6. The summed E-state index contributed by atoms with van der Waals surface area (Å²) in [5.74, 6) is -1.29. The molecule has 2 aromatic rings. The van der Waals surface area contributed by atoms with E-state index in [0.717, 1.165) is 22.7 Å². The standard InChI is InChI=1S/C18H20FN3O4S/c1-12(22(27(3,25)26)17-10-4-14(19)5-11-17)18(24)21-16-8-6-15(7-9-16)20-13(2)23/h4-12H,1-3H3,(H,20,23)(H,21,24)/t12-/m1/s1. The molecule has 0 aliphatic heterocycles. The largest absolute Gasteiger partial charge is 0.326 e. The van der Waals surface area contributed by atoms with E-state index in [9.17, 15) is 22.4 Å². The molecule has 0 aromatic heterocycles. The maximum atomic E-state index is 13.1. The fourth-order valence-corrected chi connectivity index (χ4v) is 3.66. The summed E-state index contributed by atoms with van der Waals surface area (Å²) in [6.07, 6.45) is 0.975. The maximum absolute atomic E-state index is 13.1. The molecule has 0 heterocycles. The fraction of sp³-hybridized carbons (Fsp3) is 0.222. The third-order valence-electron chi connectivity index (χ3n) is 3.64. The lowest BCUT2D eigenvalue weighted by atomic mass is 10.2. The topological polar surface area (TPSA) is 95.6 Å². The second-order valence-corrected chi connectivity index (χ2v) is 7.82. The van der Waals surface area contributed by atoms with E-state index in [1.165, 1.54) is 26.0 Å². The van der Waals surface area contributed by atoms with Crippen molar-refractivity contribution >= 4 is 38.9 Å². The number of hydrogen-bond acceptors (Lipinski definition) is 4. The van der Waals surface area contributed by atoms with Gasteiger partial charge in [0, 0.05) is 18.3 Å². The summed E-state index contributed by atoms with van der Waals surface area (Å²) in [6.45, 7) is 2.82. The first kappa shape index (κ1) is 20.4. The number of hydrogen-bond donors (Lipinski definition) is 2. The zero-order valence-electron chi connectivity index (χ0n) is 15.1. The molecular formula is C18H20FN3O4S. The minimum absolute atomic E-state index is 0.183. The highest BCUT2D eigenvalue weighted by atomic mass is 32.2. The first-order valence-electron chi connectivity index (χ1n) is 8.01. The van der Waals surface area contributed by atoms with E-state index in [1.807, 2.05) is 0 Å². The van der Waals surface area contributed by atoms with Crippen molar-refractivity contribution in [3.8, 4) is 0 Å². The zero-order valence-corrected chi connectivity index (χ0v) is 15.9. The van der Waals surface area contributed by atoms with Crippen LogP contribution in [0.4, 0.5) is 21.5 Å². The molecule has 2 amide bonds. The van der Waals surface area contributed by atoms with E-state index in [1.54, 1.807) is 24.3 Å². The highest BCUT2D eigenvalue weighted by Gasteiger charge is 2.29. The van der Waals surface area contributed by atoms with Crippen LogP contribution in [0.3, 0.4) is 0 Å². The molecule has 27 heavy (non-hydrogen) atoms. The van der Waals surface area contributed by atoms with E-state index in [0.29, 0.717) is 11.4 Å². The van der Waals surface area contributed by atoms with Crippen LogP contribution in [-0.2, 0) is 19.6 Å². The number of carbonyl (C=O) groups is 2. The Morgan fingerprint density at radius 2 is 1.44 bits per heavy atom. The molecule has 0 fully saturated rings. The van der Waals surface area contributed by atoms with Crippen LogP contribution in [0.15, 0.2) is 48.5 Å². The van der Waals surface area contributed by atoms with Crippen molar-refractivity contribution in [1.29, 1.82) is 0 Å². The van der Waals surface area contributed by atoms with Crippen molar-refractivity contribution < 1.29 is 22.4 Å². The summed E-state index contributed by atoms with van der Waals surface area (Å²) < 4.78 is 38.4. The Hall–Kier alpha value is -2.94. The molecule has 0 saturated carbocycles. The molecule has 9 heteroatoms. The molecule has 0 spiro atoms. The average molecular weight is 393 g/mol. The van der Waals surface area contributed by atoms with Crippen molar-refractivity contribution in [3.63, 3.8) is 0 Å². The third-order valence-corrected chi connectivity index (χ3v) is 4.88. The van der Waals surface area contributed by atoms with Gasteiger partial charge in [0.15, 0.2) is 0 Å². The van der Waals surface area contributed by atoms with Crippen LogP contribution in [0.1, 0.15) is 13.8 Å². The molecule has 0 aliphatic rings. The number of carbonyl (C=O) groups excluding carboxylic acids is 2. The summed E-state index contributed by atoms with van der Waals surface area (Å²) in [4.78, 5) is 23.6. The van der Waals surface area contributed by atoms with Crippen LogP contribution in [0, 0.1) is 5.82 Å². The Labute approximate surface area is 157 Å². The highest BCUT2D eigenvalue weighted by molar-refractivity contribution is 7.92. The molecule has 2 rings (SSSR count). The Morgan fingerprint density at radius 3 is 1.89 bits per heavy atom. The molecule has 0 saturated heterocycles. The van der Waals surface area contributed by atoms with Gasteiger partial charge in [-0.05, 0) is 55.5 Å². The molecule has 144 valence electrons. The minimum atomic E-state index is -3.78. The number of anilines is 3. The lowest BCUT2D eigenvalue weighted by molar-refractivity contribution is -0.117. The summed E-state index contributed by atoms with van der Waals surface area (Å²) in [7, 11) is -3.78. The van der Waals surface area contributed by atoms with Gasteiger partial charge >= 0.3 is 0 Å². The summed E-state index contributed by atoms with van der Waals surface area (Å²) in [5, 5.41) is 5.23. The minimum Gasteiger partial charge on any atom is -0.326 e. The summed E-state index contributed by atoms with van der Waals surface area (Å²) >= 11 is 0. The smallest absolute Gasteiger partial charge is 0.247 e. The Morgan fingerprint density at radius 1 is 0.963 bits per heavy atom. The van der Waals surface area contributed by atoms with Gasteiger partial charge in [0.25, 0.3) is 0 Å². The van der Waals surface area contributed by atoms with Gasteiger partial charge in [-0.1, -0.05) is 0 Å². The first-order valence-corrected chi connectivity index (χ1v) is 9.86. The van der Waals surface area contributed by atoms with Crippen molar-refractivity contribution in [3.05, 3.63) is 54.3 Å². The molecule has 0 aliphatic carbocycles. The van der Waals surface area contributed by atoms with E-state index in [4.69, 9.17) is 0 Å². The van der Waals surface area contributed by atoms with E-state index >= 15 is 0 Å². The Bertz CT molecular complexity index is 928. The molecule has 0 unspecified atom stereocenters. The number of sulfonamides is 1. The molecule has 7 nitrogen and oxygen atoms in total. The number of halogens is 1. The van der Waals surface area contributed by atoms with Crippen molar-refractivity contribution in [2.45, 2.75) is 19.9 Å². The van der Waals surface area contributed by atoms with Crippen molar-refractivity contribution in [2.75, 3.05) is 21.2 Å². The van der Waals surface area contributed by atoms with Gasteiger partial charge in [-0.25, -0.2) is 12.8 Å². The number of nitrogens with zero attached hydrogens (tertiary/aromatic N) is 1. The normalized spacial score (nSPS) is 12.1. The van der Waals surface area contributed by atoms with Gasteiger partial charge in [-0.3, -0.25) is 13.9 Å².